The lowest BCUT2D eigenvalue weighted by atomic mass is 10.1. The number of hydrogen-bond acceptors (Lipinski definition) is 4. The van der Waals surface area contributed by atoms with Crippen molar-refractivity contribution in [2.45, 2.75) is 13.5 Å². The number of amides is 1. The SMILES string of the molecule is Cc1ccccc1C(=O)NCc1nnc(-c2ccc(Cl)cc2)o1. The molecule has 2 aromatic carbocycles. The van der Waals surface area contributed by atoms with Crippen molar-refractivity contribution in [1.82, 2.24) is 15.5 Å². The smallest absolute Gasteiger partial charge is 0.251 e. The molecule has 0 spiro atoms. The van der Waals surface area contributed by atoms with E-state index in [9.17, 15) is 4.79 Å². The third-order valence-corrected chi connectivity index (χ3v) is 3.60. The molecule has 0 atom stereocenters. The predicted molar refractivity (Wildman–Crippen MR) is 87.1 cm³/mol. The summed E-state index contributed by atoms with van der Waals surface area (Å²) in [7, 11) is 0. The Kier molecular flexibility index (Phi) is 4.39. The number of halogens is 1. The number of aryl methyl sites for hydroxylation is 1. The fourth-order valence-corrected chi connectivity index (χ4v) is 2.24. The average Bonchev–Trinajstić information content (AvgIpc) is 3.03. The highest BCUT2D eigenvalue weighted by molar-refractivity contribution is 6.30. The molecule has 0 aliphatic carbocycles. The third kappa shape index (κ3) is 3.57. The zero-order valence-corrected chi connectivity index (χ0v) is 13.2. The van der Waals surface area contributed by atoms with Gasteiger partial charge in [0.15, 0.2) is 0 Å². The van der Waals surface area contributed by atoms with Gasteiger partial charge in [0.2, 0.25) is 11.8 Å². The van der Waals surface area contributed by atoms with Crippen LogP contribution in [0.25, 0.3) is 11.5 Å². The lowest BCUT2D eigenvalue weighted by Gasteiger charge is -2.05. The highest BCUT2D eigenvalue weighted by atomic mass is 35.5. The molecule has 116 valence electrons. The largest absolute Gasteiger partial charge is 0.419 e. The minimum absolute atomic E-state index is 0.172. The van der Waals surface area contributed by atoms with E-state index < -0.39 is 0 Å². The number of carbonyl (C=O) groups is 1. The van der Waals surface area contributed by atoms with E-state index in [1.54, 1.807) is 30.3 Å². The standard InChI is InChI=1S/C17H14ClN3O2/c1-11-4-2-3-5-14(11)16(22)19-10-15-20-21-17(23-15)12-6-8-13(18)9-7-12/h2-9H,10H2,1H3,(H,19,22). The molecule has 0 bridgehead atoms. The Bertz CT molecular complexity index is 828. The lowest BCUT2D eigenvalue weighted by molar-refractivity contribution is 0.0946. The second kappa shape index (κ2) is 6.62. The van der Waals surface area contributed by atoms with E-state index in [2.05, 4.69) is 15.5 Å². The molecule has 0 unspecified atom stereocenters. The van der Waals surface area contributed by atoms with Crippen molar-refractivity contribution < 1.29 is 9.21 Å². The number of aromatic nitrogens is 2. The van der Waals surface area contributed by atoms with Gasteiger partial charge in [0, 0.05) is 16.1 Å². The van der Waals surface area contributed by atoms with Crippen LogP contribution in [0, 0.1) is 6.92 Å². The number of nitrogens with zero attached hydrogens (tertiary/aromatic N) is 2. The van der Waals surface area contributed by atoms with Gasteiger partial charge in [-0.2, -0.15) is 0 Å². The normalized spacial score (nSPS) is 10.5. The summed E-state index contributed by atoms with van der Waals surface area (Å²) >= 11 is 5.85. The van der Waals surface area contributed by atoms with Crippen LogP contribution in [0.3, 0.4) is 0 Å². The van der Waals surface area contributed by atoms with Gasteiger partial charge in [-0.05, 0) is 42.8 Å². The van der Waals surface area contributed by atoms with Gasteiger partial charge in [0.05, 0.1) is 6.54 Å². The van der Waals surface area contributed by atoms with Gasteiger partial charge in [-0.15, -0.1) is 10.2 Å². The van der Waals surface area contributed by atoms with Crippen LogP contribution in [-0.2, 0) is 6.54 Å². The predicted octanol–water partition coefficient (Wildman–Crippen LogP) is 3.63. The van der Waals surface area contributed by atoms with Gasteiger partial charge in [0.1, 0.15) is 0 Å². The first-order chi connectivity index (χ1) is 11.1. The first-order valence-electron chi connectivity index (χ1n) is 7.05. The molecule has 0 saturated carbocycles. The second-order valence-corrected chi connectivity index (χ2v) is 5.44. The summed E-state index contributed by atoms with van der Waals surface area (Å²) in [4.78, 5) is 12.1. The second-order valence-electron chi connectivity index (χ2n) is 5.01. The molecule has 0 fully saturated rings. The maximum atomic E-state index is 12.1. The molecule has 3 aromatic rings. The maximum absolute atomic E-state index is 12.1. The molecule has 1 heterocycles. The summed E-state index contributed by atoms with van der Waals surface area (Å²) in [5.74, 6) is 0.563. The van der Waals surface area contributed by atoms with Gasteiger partial charge in [-0.1, -0.05) is 29.8 Å². The van der Waals surface area contributed by atoms with E-state index in [1.165, 1.54) is 0 Å². The van der Waals surface area contributed by atoms with Crippen molar-refractivity contribution in [2.24, 2.45) is 0 Å². The summed E-state index contributed by atoms with van der Waals surface area (Å²) < 4.78 is 5.55. The van der Waals surface area contributed by atoms with Crippen LogP contribution in [0.4, 0.5) is 0 Å². The quantitative estimate of drug-likeness (QED) is 0.794. The van der Waals surface area contributed by atoms with Gasteiger partial charge in [-0.25, -0.2) is 0 Å². The van der Waals surface area contributed by atoms with E-state index in [-0.39, 0.29) is 12.5 Å². The molecule has 1 amide bonds. The number of nitrogens with one attached hydrogen (secondary N) is 1. The Balaban J connectivity index is 1.67. The summed E-state index contributed by atoms with van der Waals surface area (Å²) in [6.45, 7) is 2.06. The number of carbonyl (C=O) groups excluding carboxylic acids is 1. The van der Waals surface area contributed by atoms with E-state index in [0.29, 0.717) is 22.4 Å². The minimum Gasteiger partial charge on any atom is -0.419 e. The Labute approximate surface area is 138 Å². The van der Waals surface area contributed by atoms with Gasteiger partial charge < -0.3 is 9.73 Å². The molecule has 0 aliphatic heterocycles. The van der Waals surface area contributed by atoms with Crippen molar-refractivity contribution >= 4 is 17.5 Å². The molecule has 0 radical (unpaired) electrons. The Hall–Kier alpha value is -2.66. The van der Waals surface area contributed by atoms with Crippen molar-refractivity contribution in [1.29, 1.82) is 0 Å². The summed E-state index contributed by atoms with van der Waals surface area (Å²) in [6.07, 6.45) is 0. The summed E-state index contributed by atoms with van der Waals surface area (Å²) in [6, 6.07) is 14.5. The van der Waals surface area contributed by atoms with Crippen LogP contribution >= 0.6 is 11.6 Å². The highest BCUT2D eigenvalue weighted by Crippen LogP contribution is 2.20. The van der Waals surface area contributed by atoms with Crippen LogP contribution in [0.5, 0.6) is 0 Å². The van der Waals surface area contributed by atoms with Crippen molar-refractivity contribution in [3.8, 4) is 11.5 Å². The zero-order chi connectivity index (χ0) is 16.2. The van der Waals surface area contributed by atoms with Crippen LogP contribution < -0.4 is 5.32 Å². The van der Waals surface area contributed by atoms with Crippen molar-refractivity contribution in [3.63, 3.8) is 0 Å². The summed E-state index contributed by atoms with van der Waals surface area (Å²) in [5, 5.41) is 11.3. The van der Waals surface area contributed by atoms with Crippen molar-refractivity contribution in [3.05, 3.63) is 70.6 Å². The molecule has 5 nitrogen and oxygen atoms in total. The van der Waals surface area contributed by atoms with Crippen LogP contribution in [-0.4, -0.2) is 16.1 Å². The Morgan fingerprint density at radius 2 is 1.87 bits per heavy atom. The Morgan fingerprint density at radius 3 is 2.61 bits per heavy atom. The molecule has 6 heteroatoms. The molecule has 23 heavy (non-hydrogen) atoms. The average molecular weight is 328 g/mol. The van der Waals surface area contributed by atoms with Gasteiger partial charge >= 0.3 is 0 Å². The third-order valence-electron chi connectivity index (χ3n) is 3.35. The van der Waals surface area contributed by atoms with E-state index in [0.717, 1.165) is 11.1 Å². The fraction of sp³-hybridized carbons (Fsp3) is 0.118. The van der Waals surface area contributed by atoms with Crippen LogP contribution in [0.1, 0.15) is 21.8 Å². The van der Waals surface area contributed by atoms with Crippen LogP contribution in [0.2, 0.25) is 5.02 Å². The molecule has 0 saturated heterocycles. The van der Waals surface area contributed by atoms with Crippen molar-refractivity contribution in [2.75, 3.05) is 0 Å². The fourth-order valence-electron chi connectivity index (χ4n) is 2.11. The monoisotopic (exact) mass is 327 g/mol. The molecule has 1 N–H and O–H groups in total. The molecule has 1 aromatic heterocycles. The molecular formula is C17H14ClN3O2. The van der Waals surface area contributed by atoms with E-state index >= 15 is 0 Å². The first-order valence-corrected chi connectivity index (χ1v) is 7.43. The van der Waals surface area contributed by atoms with Crippen LogP contribution in [0.15, 0.2) is 52.9 Å². The number of rotatable bonds is 4. The number of hydrogen-bond donors (Lipinski definition) is 1. The Morgan fingerprint density at radius 1 is 1.13 bits per heavy atom. The van der Waals surface area contributed by atoms with E-state index in [4.69, 9.17) is 16.0 Å². The molecule has 3 rings (SSSR count). The van der Waals surface area contributed by atoms with Gasteiger partial charge in [-0.3, -0.25) is 4.79 Å². The zero-order valence-electron chi connectivity index (χ0n) is 12.4. The summed E-state index contributed by atoms with van der Waals surface area (Å²) in [5.41, 5.74) is 2.32. The van der Waals surface area contributed by atoms with E-state index in [1.807, 2.05) is 25.1 Å². The maximum Gasteiger partial charge on any atom is 0.251 e. The highest BCUT2D eigenvalue weighted by Gasteiger charge is 2.12. The molecule has 0 aliphatic rings. The number of benzene rings is 2. The lowest BCUT2D eigenvalue weighted by Crippen LogP contribution is -2.23. The minimum atomic E-state index is -0.172. The topological polar surface area (TPSA) is 68.0 Å². The first kappa shape index (κ1) is 15.2. The molecular weight excluding hydrogens is 314 g/mol. The van der Waals surface area contributed by atoms with Gasteiger partial charge in [0.25, 0.3) is 5.91 Å².